The molecule has 0 aromatic heterocycles. The Hall–Kier alpha value is -0.833. The van der Waals surface area contributed by atoms with Crippen LogP contribution in [0.15, 0.2) is 24.5 Å². The van der Waals surface area contributed by atoms with Gasteiger partial charge in [0.2, 0.25) is 8.32 Å². The van der Waals surface area contributed by atoms with Gasteiger partial charge < -0.3 is 4.43 Å². The number of rotatable bonds is 4. The fourth-order valence-electron chi connectivity index (χ4n) is 1.96. The third kappa shape index (κ3) is 2.85. The molecule has 0 saturated carbocycles. The Morgan fingerprint density at radius 1 is 1.56 bits per heavy atom. The van der Waals surface area contributed by atoms with Crippen LogP contribution < -0.4 is 0 Å². The average Bonchev–Trinajstić information content (AvgIpc) is 2.12. The number of carbonyl (C=O) groups is 1. The summed E-state index contributed by atoms with van der Waals surface area (Å²) in [6, 6.07) is 0. The van der Waals surface area contributed by atoms with Crippen molar-refractivity contribution in [2.45, 2.75) is 45.8 Å². The Kier molecular flexibility index (Phi) is 3.78. The van der Waals surface area contributed by atoms with Crippen molar-refractivity contribution in [2.75, 3.05) is 0 Å². The van der Waals surface area contributed by atoms with E-state index in [1.54, 1.807) is 0 Å². The van der Waals surface area contributed by atoms with E-state index in [1.165, 1.54) is 0 Å². The smallest absolute Gasteiger partial charge is 0.241 e. The van der Waals surface area contributed by atoms with E-state index in [0.717, 1.165) is 12.2 Å². The Morgan fingerprint density at radius 2 is 2.19 bits per heavy atom. The zero-order valence-electron chi connectivity index (χ0n) is 10.8. The van der Waals surface area contributed by atoms with Gasteiger partial charge >= 0.3 is 0 Å². The summed E-state index contributed by atoms with van der Waals surface area (Å²) in [5.41, 5.74) is -0.472. The van der Waals surface area contributed by atoms with Gasteiger partial charge in [-0.2, -0.15) is 0 Å². The summed E-state index contributed by atoms with van der Waals surface area (Å²) in [5, 5.41) is 0. The van der Waals surface area contributed by atoms with Gasteiger partial charge in [0.25, 0.3) is 0 Å². The van der Waals surface area contributed by atoms with E-state index in [-0.39, 0.29) is 5.78 Å². The predicted octanol–water partition coefficient (Wildman–Crippen LogP) is 3.67. The van der Waals surface area contributed by atoms with Crippen molar-refractivity contribution in [3.8, 4) is 0 Å². The lowest BCUT2D eigenvalue weighted by atomic mass is 9.75. The second-order valence-corrected chi connectivity index (χ2v) is 10.00. The molecule has 0 radical (unpaired) electrons. The van der Waals surface area contributed by atoms with Crippen molar-refractivity contribution >= 4 is 14.1 Å². The van der Waals surface area contributed by atoms with Crippen molar-refractivity contribution < 1.29 is 9.22 Å². The fourth-order valence-corrected chi connectivity index (χ4v) is 2.93. The van der Waals surface area contributed by atoms with Gasteiger partial charge in [0.05, 0.1) is 11.2 Å². The first-order chi connectivity index (χ1) is 7.29. The lowest BCUT2D eigenvalue weighted by Gasteiger charge is -2.36. The normalized spacial score (nSPS) is 26.2. The molecule has 90 valence electrons. The van der Waals surface area contributed by atoms with Crippen molar-refractivity contribution in [3.05, 3.63) is 24.5 Å². The zero-order chi connectivity index (χ0) is 12.4. The van der Waals surface area contributed by atoms with Gasteiger partial charge in [-0.1, -0.05) is 6.08 Å². The maximum atomic E-state index is 12.0. The molecule has 0 amide bonds. The van der Waals surface area contributed by atoms with E-state index in [9.17, 15) is 4.79 Å². The van der Waals surface area contributed by atoms with Crippen molar-refractivity contribution in [3.63, 3.8) is 0 Å². The second kappa shape index (κ2) is 4.58. The molecule has 1 aliphatic rings. The Labute approximate surface area is 99.5 Å². The highest BCUT2D eigenvalue weighted by atomic mass is 28.4. The molecule has 0 saturated heterocycles. The summed E-state index contributed by atoms with van der Waals surface area (Å²) >= 11 is 0. The SMILES string of the molecule is C=CC[C@]1(C)C(=O)CCC=C1O[Si](C)(C)C. The third-order valence-electron chi connectivity index (χ3n) is 2.83. The van der Waals surface area contributed by atoms with E-state index >= 15 is 0 Å². The molecular weight excluding hydrogens is 216 g/mol. The highest BCUT2D eigenvalue weighted by Crippen LogP contribution is 2.39. The molecule has 0 aromatic rings. The molecule has 0 heterocycles. The summed E-state index contributed by atoms with van der Waals surface area (Å²) in [5.74, 6) is 1.16. The highest BCUT2D eigenvalue weighted by Gasteiger charge is 2.40. The number of hydrogen-bond donors (Lipinski definition) is 0. The number of carbonyl (C=O) groups excluding carboxylic acids is 1. The Balaban J connectivity index is 2.99. The molecule has 0 unspecified atom stereocenters. The van der Waals surface area contributed by atoms with Crippen LogP contribution >= 0.6 is 0 Å². The maximum Gasteiger partial charge on any atom is 0.241 e. The van der Waals surface area contributed by atoms with E-state index in [2.05, 4.69) is 32.3 Å². The molecule has 0 spiro atoms. The molecule has 0 aliphatic heterocycles. The van der Waals surface area contributed by atoms with E-state index in [4.69, 9.17) is 4.43 Å². The molecule has 2 nitrogen and oxygen atoms in total. The highest BCUT2D eigenvalue weighted by molar-refractivity contribution is 6.70. The van der Waals surface area contributed by atoms with Gasteiger partial charge in [0, 0.05) is 6.42 Å². The Bertz CT molecular complexity index is 325. The quantitative estimate of drug-likeness (QED) is 0.552. The van der Waals surface area contributed by atoms with Crippen LogP contribution in [-0.2, 0) is 9.22 Å². The van der Waals surface area contributed by atoms with Crippen LogP contribution in [0.4, 0.5) is 0 Å². The van der Waals surface area contributed by atoms with Crippen molar-refractivity contribution in [1.82, 2.24) is 0 Å². The van der Waals surface area contributed by atoms with Crippen LogP contribution in [0.25, 0.3) is 0 Å². The Morgan fingerprint density at radius 3 is 2.69 bits per heavy atom. The summed E-state index contributed by atoms with van der Waals surface area (Å²) < 4.78 is 6.05. The minimum absolute atomic E-state index is 0.281. The molecule has 0 fully saturated rings. The number of allylic oxidation sites excluding steroid dienone is 3. The molecule has 0 bridgehead atoms. The monoisotopic (exact) mass is 238 g/mol. The van der Waals surface area contributed by atoms with Gasteiger partial charge in [-0.15, -0.1) is 6.58 Å². The lowest BCUT2D eigenvalue weighted by Crippen LogP contribution is -2.38. The van der Waals surface area contributed by atoms with Crippen LogP contribution in [0, 0.1) is 5.41 Å². The number of hydrogen-bond acceptors (Lipinski definition) is 2. The maximum absolute atomic E-state index is 12.0. The first-order valence-electron chi connectivity index (χ1n) is 5.83. The first-order valence-corrected chi connectivity index (χ1v) is 9.24. The molecular formula is C13H22O2Si. The van der Waals surface area contributed by atoms with E-state index in [1.807, 2.05) is 13.0 Å². The summed E-state index contributed by atoms with van der Waals surface area (Å²) in [7, 11) is -1.65. The summed E-state index contributed by atoms with van der Waals surface area (Å²) in [6.07, 6.45) is 6.00. The molecule has 1 atom stereocenters. The van der Waals surface area contributed by atoms with Crippen LogP contribution in [0.3, 0.4) is 0 Å². The lowest BCUT2D eigenvalue weighted by molar-refractivity contribution is -0.127. The van der Waals surface area contributed by atoms with Crippen molar-refractivity contribution in [2.24, 2.45) is 5.41 Å². The van der Waals surface area contributed by atoms with Crippen molar-refractivity contribution in [1.29, 1.82) is 0 Å². The summed E-state index contributed by atoms with van der Waals surface area (Å²) in [4.78, 5) is 12.0. The van der Waals surface area contributed by atoms with Gasteiger partial charge in [0.1, 0.15) is 5.78 Å². The van der Waals surface area contributed by atoms with E-state index < -0.39 is 13.7 Å². The van der Waals surface area contributed by atoms with Crippen LogP contribution in [0.1, 0.15) is 26.2 Å². The molecule has 0 N–H and O–H groups in total. The second-order valence-electron chi connectivity index (χ2n) is 5.57. The average molecular weight is 238 g/mol. The minimum Gasteiger partial charge on any atom is -0.547 e. The minimum atomic E-state index is -1.65. The van der Waals surface area contributed by atoms with Crippen LogP contribution in [0.2, 0.25) is 19.6 Å². The van der Waals surface area contributed by atoms with Crippen LogP contribution in [-0.4, -0.2) is 14.1 Å². The third-order valence-corrected chi connectivity index (χ3v) is 3.66. The number of ketones is 1. The van der Waals surface area contributed by atoms with Gasteiger partial charge in [-0.05, 0) is 45.5 Å². The molecule has 3 heteroatoms. The topological polar surface area (TPSA) is 26.3 Å². The standard InChI is InChI=1S/C13H22O2Si/c1-6-10-13(2)11(14)8-7-9-12(13)15-16(3,4)5/h6,9H,1,7-8,10H2,2-5H3/t13-/m1/s1. The first kappa shape index (κ1) is 13.2. The summed E-state index contributed by atoms with van der Waals surface area (Å²) in [6.45, 7) is 12.1. The molecule has 16 heavy (non-hydrogen) atoms. The van der Waals surface area contributed by atoms with Gasteiger partial charge in [-0.25, -0.2) is 0 Å². The van der Waals surface area contributed by atoms with Gasteiger partial charge in [-0.3, -0.25) is 4.79 Å². The largest absolute Gasteiger partial charge is 0.547 e. The number of Topliss-reactive ketones (excluding diaryl/α,β-unsaturated/α-hetero) is 1. The van der Waals surface area contributed by atoms with Gasteiger partial charge in [0.15, 0.2) is 0 Å². The molecule has 1 rings (SSSR count). The molecule has 0 aromatic carbocycles. The molecule has 1 aliphatic carbocycles. The van der Waals surface area contributed by atoms with Crippen LogP contribution in [0.5, 0.6) is 0 Å². The fraction of sp³-hybridized carbons (Fsp3) is 0.615. The predicted molar refractivity (Wildman–Crippen MR) is 69.7 cm³/mol. The van der Waals surface area contributed by atoms with E-state index in [0.29, 0.717) is 12.8 Å². The zero-order valence-corrected chi connectivity index (χ0v) is 11.8.